The summed E-state index contributed by atoms with van der Waals surface area (Å²) < 4.78 is 27.9. The minimum Gasteiger partial charge on any atom is -0.324 e. The third kappa shape index (κ3) is 5.01. The van der Waals surface area contributed by atoms with Crippen molar-refractivity contribution in [3.05, 3.63) is 88.4 Å². The molecule has 1 N–H and O–H groups in total. The number of sulfonamides is 1. The molecule has 0 aliphatic carbocycles. The molecule has 5 nitrogen and oxygen atoms in total. The van der Waals surface area contributed by atoms with Crippen molar-refractivity contribution in [1.29, 1.82) is 0 Å². The van der Waals surface area contributed by atoms with Gasteiger partial charge < -0.3 is 5.32 Å². The van der Waals surface area contributed by atoms with Crippen LogP contribution in [-0.2, 0) is 14.8 Å². The Morgan fingerprint density at radius 1 is 0.933 bits per heavy atom. The Morgan fingerprint density at radius 2 is 1.63 bits per heavy atom. The van der Waals surface area contributed by atoms with Crippen LogP contribution in [0.15, 0.2) is 71.6 Å². The second-order valence-electron chi connectivity index (χ2n) is 7.17. The van der Waals surface area contributed by atoms with E-state index in [0.717, 1.165) is 21.0 Å². The van der Waals surface area contributed by atoms with E-state index in [2.05, 4.69) is 5.32 Å². The summed E-state index contributed by atoms with van der Waals surface area (Å²) in [6, 6.07) is 18.8. The number of halogens is 1. The van der Waals surface area contributed by atoms with Crippen LogP contribution < -0.4 is 9.62 Å². The number of hydrogen-bond donors (Lipinski definition) is 1. The fourth-order valence-corrected chi connectivity index (χ4v) is 4.57. The normalized spacial score (nSPS) is 11.2. The molecule has 0 heterocycles. The zero-order chi connectivity index (χ0) is 21.9. The van der Waals surface area contributed by atoms with Crippen molar-refractivity contribution in [3.63, 3.8) is 0 Å². The Kier molecular flexibility index (Phi) is 6.48. The summed E-state index contributed by atoms with van der Waals surface area (Å²) in [6.07, 6.45) is 0. The lowest BCUT2D eigenvalue weighted by Crippen LogP contribution is -2.38. The monoisotopic (exact) mass is 442 g/mol. The number of nitrogens with zero attached hydrogens (tertiary/aromatic N) is 1. The van der Waals surface area contributed by atoms with Crippen LogP contribution in [0.2, 0.25) is 5.02 Å². The van der Waals surface area contributed by atoms with Gasteiger partial charge in [-0.25, -0.2) is 8.42 Å². The number of hydrogen-bond acceptors (Lipinski definition) is 3. The highest BCUT2D eigenvalue weighted by Crippen LogP contribution is 2.26. The highest BCUT2D eigenvalue weighted by atomic mass is 35.5. The molecule has 0 unspecified atom stereocenters. The van der Waals surface area contributed by atoms with Crippen LogP contribution in [0.1, 0.15) is 16.7 Å². The molecular weight excluding hydrogens is 420 g/mol. The smallest absolute Gasteiger partial charge is 0.264 e. The lowest BCUT2D eigenvalue weighted by Gasteiger charge is -2.24. The second kappa shape index (κ2) is 8.90. The Labute approximate surface area is 182 Å². The van der Waals surface area contributed by atoms with E-state index in [0.29, 0.717) is 16.4 Å². The van der Waals surface area contributed by atoms with Gasteiger partial charge in [-0.2, -0.15) is 0 Å². The summed E-state index contributed by atoms with van der Waals surface area (Å²) in [7, 11) is -3.95. The van der Waals surface area contributed by atoms with Gasteiger partial charge in [-0.3, -0.25) is 9.10 Å². The number of amides is 1. The average Bonchev–Trinajstić information content (AvgIpc) is 2.69. The van der Waals surface area contributed by atoms with Gasteiger partial charge >= 0.3 is 0 Å². The number of carbonyl (C=O) groups is 1. The van der Waals surface area contributed by atoms with Gasteiger partial charge in [0.1, 0.15) is 6.54 Å². The fraction of sp³-hybridized carbons (Fsp3) is 0.174. The minimum atomic E-state index is -3.95. The number of nitrogens with one attached hydrogen (secondary N) is 1. The molecule has 3 aromatic carbocycles. The molecule has 0 atom stereocenters. The van der Waals surface area contributed by atoms with Gasteiger partial charge in [-0.05, 0) is 68.3 Å². The zero-order valence-corrected chi connectivity index (χ0v) is 18.6. The van der Waals surface area contributed by atoms with Crippen molar-refractivity contribution in [2.45, 2.75) is 25.7 Å². The summed E-state index contributed by atoms with van der Waals surface area (Å²) in [5.41, 5.74) is 3.64. The lowest BCUT2D eigenvalue weighted by molar-refractivity contribution is -0.114. The summed E-state index contributed by atoms with van der Waals surface area (Å²) in [5, 5.41) is 3.25. The minimum absolute atomic E-state index is 0.126. The van der Waals surface area contributed by atoms with E-state index in [1.54, 1.807) is 60.7 Å². The zero-order valence-electron chi connectivity index (χ0n) is 17.0. The topological polar surface area (TPSA) is 66.5 Å². The predicted molar refractivity (Wildman–Crippen MR) is 122 cm³/mol. The molecule has 30 heavy (non-hydrogen) atoms. The molecular formula is C23H23ClN2O3S. The maximum atomic E-state index is 13.4. The van der Waals surface area contributed by atoms with E-state index in [1.165, 1.54) is 0 Å². The van der Waals surface area contributed by atoms with Gasteiger partial charge in [0.2, 0.25) is 5.91 Å². The highest BCUT2D eigenvalue weighted by molar-refractivity contribution is 7.92. The maximum Gasteiger partial charge on any atom is 0.264 e. The molecule has 0 aromatic heterocycles. The van der Waals surface area contributed by atoms with E-state index in [1.807, 2.05) is 26.8 Å². The third-order valence-electron chi connectivity index (χ3n) is 4.66. The van der Waals surface area contributed by atoms with Gasteiger partial charge in [-0.15, -0.1) is 0 Å². The standard InChI is InChI=1S/C23H23ClN2O3S/c1-16-7-11-21(12-8-16)30(28,29)26(20-6-4-5-17(2)13-20)15-23(27)25-22-14-19(24)10-9-18(22)3/h4-14H,15H2,1-3H3,(H,25,27). The van der Waals surface area contributed by atoms with Crippen LogP contribution in [0.4, 0.5) is 11.4 Å². The Bertz CT molecular complexity index is 1180. The van der Waals surface area contributed by atoms with Crippen molar-refractivity contribution in [2.24, 2.45) is 0 Å². The Balaban J connectivity index is 1.96. The van der Waals surface area contributed by atoms with Crippen LogP contribution in [0.5, 0.6) is 0 Å². The largest absolute Gasteiger partial charge is 0.324 e. The number of anilines is 2. The quantitative estimate of drug-likeness (QED) is 0.577. The summed E-state index contributed by atoms with van der Waals surface area (Å²) in [5.74, 6) is -0.461. The summed E-state index contributed by atoms with van der Waals surface area (Å²) in [4.78, 5) is 12.9. The van der Waals surface area contributed by atoms with Crippen molar-refractivity contribution in [1.82, 2.24) is 0 Å². The van der Waals surface area contributed by atoms with Crippen molar-refractivity contribution in [3.8, 4) is 0 Å². The van der Waals surface area contributed by atoms with Crippen LogP contribution in [0.3, 0.4) is 0 Å². The Morgan fingerprint density at radius 3 is 2.30 bits per heavy atom. The molecule has 0 bridgehead atoms. The number of benzene rings is 3. The van der Waals surface area contributed by atoms with Crippen molar-refractivity contribution in [2.75, 3.05) is 16.2 Å². The first kappa shape index (κ1) is 21.9. The van der Waals surface area contributed by atoms with E-state index in [9.17, 15) is 13.2 Å². The van der Waals surface area contributed by atoms with Gasteiger partial charge in [0.25, 0.3) is 10.0 Å². The van der Waals surface area contributed by atoms with Crippen molar-refractivity contribution < 1.29 is 13.2 Å². The fourth-order valence-electron chi connectivity index (χ4n) is 2.98. The first-order valence-electron chi connectivity index (χ1n) is 9.39. The Hall–Kier alpha value is -2.83. The molecule has 0 spiro atoms. The van der Waals surface area contributed by atoms with E-state index in [-0.39, 0.29) is 11.4 Å². The van der Waals surface area contributed by atoms with Gasteiger partial charge in [0.05, 0.1) is 10.6 Å². The van der Waals surface area contributed by atoms with E-state index >= 15 is 0 Å². The second-order valence-corrected chi connectivity index (χ2v) is 9.47. The number of aryl methyl sites for hydroxylation is 3. The first-order valence-corrected chi connectivity index (χ1v) is 11.2. The number of carbonyl (C=O) groups excluding carboxylic acids is 1. The molecule has 0 radical (unpaired) electrons. The molecule has 3 rings (SSSR count). The first-order chi connectivity index (χ1) is 14.2. The molecule has 7 heteroatoms. The third-order valence-corrected chi connectivity index (χ3v) is 6.68. The van der Waals surface area contributed by atoms with Gasteiger partial charge in [0.15, 0.2) is 0 Å². The van der Waals surface area contributed by atoms with Crippen LogP contribution in [0, 0.1) is 20.8 Å². The van der Waals surface area contributed by atoms with Crippen LogP contribution in [0.25, 0.3) is 0 Å². The molecule has 0 saturated carbocycles. The van der Waals surface area contributed by atoms with E-state index in [4.69, 9.17) is 11.6 Å². The summed E-state index contributed by atoms with van der Waals surface area (Å²) in [6.45, 7) is 5.23. The van der Waals surface area contributed by atoms with Gasteiger partial charge in [0, 0.05) is 10.7 Å². The van der Waals surface area contributed by atoms with E-state index < -0.39 is 15.9 Å². The number of rotatable bonds is 6. The van der Waals surface area contributed by atoms with Gasteiger partial charge in [-0.1, -0.05) is 47.5 Å². The molecule has 156 valence electrons. The van der Waals surface area contributed by atoms with Crippen LogP contribution >= 0.6 is 11.6 Å². The SMILES string of the molecule is Cc1ccc(S(=O)(=O)N(CC(=O)Nc2cc(Cl)ccc2C)c2cccc(C)c2)cc1. The maximum absolute atomic E-state index is 13.4. The highest BCUT2D eigenvalue weighted by Gasteiger charge is 2.27. The molecule has 0 aliphatic heterocycles. The predicted octanol–water partition coefficient (Wildman–Crippen LogP) is 5.10. The molecule has 0 aliphatic rings. The molecule has 0 saturated heterocycles. The average molecular weight is 443 g/mol. The molecule has 1 amide bonds. The van der Waals surface area contributed by atoms with Crippen LogP contribution in [-0.4, -0.2) is 20.9 Å². The summed E-state index contributed by atoms with van der Waals surface area (Å²) >= 11 is 6.03. The molecule has 3 aromatic rings. The molecule has 0 fully saturated rings. The van der Waals surface area contributed by atoms with Crippen molar-refractivity contribution >= 4 is 38.9 Å². The lowest BCUT2D eigenvalue weighted by atomic mass is 10.2.